The number of halogens is 1. The second kappa shape index (κ2) is 5.79. The number of nitrogens with zero attached hydrogens (tertiary/aromatic N) is 1. The average molecular weight is 283 g/mol. The Balaban J connectivity index is 1.77. The van der Waals surface area contributed by atoms with E-state index in [0.717, 1.165) is 10.9 Å². The molecule has 0 unspecified atom stereocenters. The number of methoxy groups -OCH3 is 1. The van der Waals surface area contributed by atoms with Crippen molar-refractivity contribution in [2.45, 2.75) is 6.61 Å². The molecule has 4 heteroatoms. The fraction of sp³-hybridized carbons (Fsp3) is 0.118. The molecule has 0 atom stereocenters. The second-order valence-electron chi connectivity index (χ2n) is 4.61. The summed E-state index contributed by atoms with van der Waals surface area (Å²) in [6.45, 7) is 0.149. The van der Waals surface area contributed by atoms with Gasteiger partial charge in [-0.3, -0.25) is 4.98 Å². The zero-order chi connectivity index (χ0) is 14.7. The summed E-state index contributed by atoms with van der Waals surface area (Å²) in [6, 6.07) is 14.4. The fourth-order valence-corrected chi connectivity index (χ4v) is 2.06. The number of benzene rings is 2. The Morgan fingerprint density at radius 3 is 2.71 bits per heavy atom. The summed E-state index contributed by atoms with van der Waals surface area (Å²) in [4.78, 5) is 4.30. The summed E-state index contributed by atoms with van der Waals surface area (Å²) >= 11 is 0. The molecule has 2 aromatic carbocycles. The summed E-state index contributed by atoms with van der Waals surface area (Å²) in [5.74, 6) is 0.760. The molecule has 1 heterocycles. The molecule has 106 valence electrons. The minimum atomic E-state index is -0.344. The van der Waals surface area contributed by atoms with Crippen LogP contribution in [0.1, 0.15) is 5.56 Å². The molecule has 0 saturated heterocycles. The molecule has 0 aliphatic heterocycles. The lowest BCUT2D eigenvalue weighted by molar-refractivity contribution is 0.298. The minimum Gasteiger partial charge on any atom is -0.497 e. The van der Waals surface area contributed by atoms with Gasteiger partial charge in [-0.15, -0.1) is 0 Å². The van der Waals surface area contributed by atoms with Gasteiger partial charge in [0.25, 0.3) is 0 Å². The van der Waals surface area contributed by atoms with Crippen LogP contribution in [0.5, 0.6) is 11.5 Å². The Hall–Kier alpha value is -2.62. The van der Waals surface area contributed by atoms with Crippen LogP contribution in [0.2, 0.25) is 0 Å². The number of fused-ring (bicyclic) bond motifs is 1. The van der Waals surface area contributed by atoms with Crippen LogP contribution in [0, 0.1) is 5.82 Å². The molecule has 0 aliphatic carbocycles. The van der Waals surface area contributed by atoms with Crippen molar-refractivity contribution in [3.8, 4) is 11.5 Å². The van der Waals surface area contributed by atoms with Crippen LogP contribution in [0.25, 0.3) is 10.9 Å². The molecule has 0 bridgehead atoms. The number of aromatic nitrogens is 1. The molecule has 0 spiro atoms. The SMILES string of the molecule is COc1ccc(COc2cnc3ccccc3c2)c(F)c1. The number of pyridine rings is 1. The first-order chi connectivity index (χ1) is 10.3. The van der Waals surface area contributed by atoms with Crippen molar-refractivity contribution in [3.63, 3.8) is 0 Å². The van der Waals surface area contributed by atoms with E-state index in [2.05, 4.69) is 4.98 Å². The molecule has 0 amide bonds. The molecular formula is C17H14FNO2. The van der Waals surface area contributed by atoms with Gasteiger partial charge < -0.3 is 9.47 Å². The van der Waals surface area contributed by atoms with Crippen molar-refractivity contribution in [1.29, 1.82) is 0 Å². The Morgan fingerprint density at radius 1 is 1.05 bits per heavy atom. The summed E-state index contributed by atoms with van der Waals surface area (Å²) in [5.41, 5.74) is 1.38. The Kier molecular flexibility index (Phi) is 3.69. The first-order valence-electron chi connectivity index (χ1n) is 6.56. The highest BCUT2D eigenvalue weighted by molar-refractivity contribution is 5.79. The summed E-state index contributed by atoms with van der Waals surface area (Å²) in [7, 11) is 1.51. The van der Waals surface area contributed by atoms with E-state index < -0.39 is 0 Å². The van der Waals surface area contributed by atoms with Gasteiger partial charge in [-0.1, -0.05) is 18.2 Å². The zero-order valence-electron chi connectivity index (χ0n) is 11.5. The number of hydrogen-bond acceptors (Lipinski definition) is 3. The lowest BCUT2D eigenvalue weighted by Crippen LogP contribution is -1.99. The van der Waals surface area contributed by atoms with Gasteiger partial charge >= 0.3 is 0 Å². The molecular weight excluding hydrogens is 269 g/mol. The highest BCUT2D eigenvalue weighted by Crippen LogP contribution is 2.21. The first kappa shape index (κ1) is 13.4. The number of rotatable bonds is 4. The minimum absolute atomic E-state index is 0.149. The van der Waals surface area contributed by atoms with E-state index in [0.29, 0.717) is 17.1 Å². The molecule has 3 rings (SSSR count). The Morgan fingerprint density at radius 2 is 1.90 bits per heavy atom. The normalized spacial score (nSPS) is 10.6. The predicted molar refractivity (Wildman–Crippen MR) is 79.0 cm³/mol. The molecule has 3 aromatic rings. The smallest absolute Gasteiger partial charge is 0.138 e. The third-order valence-corrected chi connectivity index (χ3v) is 3.22. The van der Waals surface area contributed by atoms with Crippen LogP contribution in [0.4, 0.5) is 4.39 Å². The third kappa shape index (κ3) is 2.94. The van der Waals surface area contributed by atoms with Crippen molar-refractivity contribution < 1.29 is 13.9 Å². The van der Waals surface area contributed by atoms with E-state index in [4.69, 9.17) is 9.47 Å². The van der Waals surface area contributed by atoms with E-state index in [1.807, 2.05) is 30.3 Å². The van der Waals surface area contributed by atoms with Crippen LogP contribution in [0.15, 0.2) is 54.7 Å². The van der Waals surface area contributed by atoms with Crippen LogP contribution < -0.4 is 9.47 Å². The van der Waals surface area contributed by atoms with E-state index in [-0.39, 0.29) is 12.4 Å². The highest BCUT2D eigenvalue weighted by atomic mass is 19.1. The molecule has 0 N–H and O–H groups in total. The third-order valence-electron chi connectivity index (χ3n) is 3.22. The monoisotopic (exact) mass is 283 g/mol. The van der Waals surface area contributed by atoms with Crippen LogP contribution in [0.3, 0.4) is 0 Å². The summed E-state index contributed by atoms with van der Waals surface area (Å²) < 4.78 is 24.4. The molecule has 0 aliphatic rings. The standard InChI is InChI=1S/C17H14FNO2/c1-20-14-7-6-13(16(18)9-14)11-21-15-8-12-4-2-3-5-17(12)19-10-15/h2-10H,11H2,1H3. The van der Waals surface area contributed by atoms with E-state index in [1.54, 1.807) is 18.3 Å². The van der Waals surface area contributed by atoms with Gasteiger partial charge in [0, 0.05) is 17.0 Å². The molecule has 21 heavy (non-hydrogen) atoms. The topological polar surface area (TPSA) is 31.4 Å². The van der Waals surface area contributed by atoms with Crippen LogP contribution in [-0.2, 0) is 6.61 Å². The highest BCUT2D eigenvalue weighted by Gasteiger charge is 2.05. The van der Waals surface area contributed by atoms with Crippen molar-refractivity contribution in [2.24, 2.45) is 0 Å². The lowest BCUT2D eigenvalue weighted by Gasteiger charge is -2.08. The zero-order valence-corrected chi connectivity index (χ0v) is 11.5. The summed E-state index contributed by atoms with van der Waals surface area (Å²) in [6.07, 6.45) is 1.64. The van der Waals surface area contributed by atoms with Crippen molar-refractivity contribution in [2.75, 3.05) is 7.11 Å². The van der Waals surface area contributed by atoms with Gasteiger partial charge in [0.1, 0.15) is 23.9 Å². The van der Waals surface area contributed by atoms with Gasteiger partial charge in [0.15, 0.2) is 0 Å². The van der Waals surface area contributed by atoms with Crippen molar-refractivity contribution in [3.05, 3.63) is 66.1 Å². The van der Waals surface area contributed by atoms with Gasteiger partial charge in [0.05, 0.1) is 18.8 Å². The second-order valence-corrected chi connectivity index (χ2v) is 4.61. The predicted octanol–water partition coefficient (Wildman–Crippen LogP) is 3.96. The molecule has 1 aromatic heterocycles. The molecule has 0 saturated carbocycles. The van der Waals surface area contributed by atoms with Crippen molar-refractivity contribution in [1.82, 2.24) is 4.98 Å². The number of para-hydroxylation sites is 1. The lowest BCUT2D eigenvalue weighted by atomic mass is 10.2. The Labute approximate surface area is 122 Å². The average Bonchev–Trinajstić information content (AvgIpc) is 2.53. The number of ether oxygens (including phenoxy) is 2. The van der Waals surface area contributed by atoms with E-state index >= 15 is 0 Å². The fourth-order valence-electron chi connectivity index (χ4n) is 2.06. The van der Waals surface area contributed by atoms with Crippen molar-refractivity contribution >= 4 is 10.9 Å². The molecule has 0 radical (unpaired) electrons. The molecule has 0 fully saturated rings. The van der Waals surface area contributed by atoms with Gasteiger partial charge in [0.2, 0.25) is 0 Å². The van der Waals surface area contributed by atoms with Crippen LogP contribution in [-0.4, -0.2) is 12.1 Å². The largest absolute Gasteiger partial charge is 0.497 e. The van der Waals surface area contributed by atoms with Gasteiger partial charge in [-0.05, 0) is 24.3 Å². The van der Waals surface area contributed by atoms with E-state index in [1.165, 1.54) is 13.2 Å². The quantitative estimate of drug-likeness (QED) is 0.726. The Bertz CT molecular complexity index is 774. The maximum Gasteiger partial charge on any atom is 0.138 e. The number of hydrogen-bond donors (Lipinski definition) is 0. The molecule has 3 nitrogen and oxygen atoms in total. The maximum absolute atomic E-state index is 13.8. The van der Waals surface area contributed by atoms with Gasteiger partial charge in [-0.2, -0.15) is 0 Å². The summed E-state index contributed by atoms with van der Waals surface area (Å²) in [5, 5.41) is 0.991. The first-order valence-corrected chi connectivity index (χ1v) is 6.56. The maximum atomic E-state index is 13.8. The van der Waals surface area contributed by atoms with Crippen LogP contribution >= 0.6 is 0 Å². The van der Waals surface area contributed by atoms with E-state index in [9.17, 15) is 4.39 Å². The van der Waals surface area contributed by atoms with Gasteiger partial charge in [-0.25, -0.2) is 4.39 Å².